The fourth-order valence-corrected chi connectivity index (χ4v) is 2.61. The van der Waals surface area contributed by atoms with Crippen molar-refractivity contribution in [3.8, 4) is 5.88 Å². The van der Waals surface area contributed by atoms with Crippen molar-refractivity contribution >= 4 is 16.9 Å². The van der Waals surface area contributed by atoms with Crippen LogP contribution in [0.25, 0.3) is 11.0 Å². The number of allylic oxidation sites excluding steroid dienone is 1. The van der Waals surface area contributed by atoms with E-state index in [4.69, 9.17) is 4.74 Å². The summed E-state index contributed by atoms with van der Waals surface area (Å²) < 4.78 is 5.92. The van der Waals surface area contributed by atoms with Gasteiger partial charge in [0.2, 0.25) is 11.8 Å². The van der Waals surface area contributed by atoms with Crippen LogP contribution in [0.3, 0.4) is 0 Å². The Balaban J connectivity index is 1.61. The van der Waals surface area contributed by atoms with E-state index >= 15 is 0 Å². The number of nitrogens with zero attached hydrogens (tertiary/aromatic N) is 3. The zero-order valence-electron chi connectivity index (χ0n) is 12.6. The van der Waals surface area contributed by atoms with Gasteiger partial charge in [-0.15, -0.1) is 0 Å². The molecule has 1 saturated heterocycles. The van der Waals surface area contributed by atoms with E-state index in [1.54, 1.807) is 18.3 Å². The zero-order chi connectivity index (χ0) is 15.4. The molecule has 5 heteroatoms. The normalized spacial score (nSPS) is 16.3. The van der Waals surface area contributed by atoms with Crippen molar-refractivity contribution in [2.75, 3.05) is 13.1 Å². The van der Waals surface area contributed by atoms with Gasteiger partial charge in [-0.1, -0.05) is 18.2 Å². The number of fused-ring (bicyclic) bond motifs is 1. The molecule has 1 aromatic heterocycles. The minimum absolute atomic E-state index is 0.0754. The highest BCUT2D eigenvalue weighted by Gasteiger charge is 2.23. The number of piperidine rings is 1. The van der Waals surface area contributed by atoms with Crippen molar-refractivity contribution in [2.45, 2.75) is 25.9 Å². The molecule has 0 spiro atoms. The topological polar surface area (TPSA) is 55.3 Å². The van der Waals surface area contributed by atoms with Gasteiger partial charge in [0.25, 0.3) is 0 Å². The Morgan fingerprint density at radius 1 is 1.27 bits per heavy atom. The molecule has 0 bridgehead atoms. The standard InChI is InChI=1S/C17H19N3O2/c1-2-5-17(21)20-10-8-13(9-11-20)22-16-12-18-14-6-3-4-7-15(14)19-16/h2-7,12-13H,8-11H2,1H3. The summed E-state index contributed by atoms with van der Waals surface area (Å²) in [7, 11) is 0. The molecular formula is C17H19N3O2. The van der Waals surface area contributed by atoms with E-state index in [9.17, 15) is 4.79 Å². The third-order valence-electron chi connectivity index (χ3n) is 3.78. The van der Waals surface area contributed by atoms with Crippen LogP contribution < -0.4 is 4.74 Å². The molecule has 5 nitrogen and oxygen atoms in total. The quantitative estimate of drug-likeness (QED) is 0.817. The van der Waals surface area contributed by atoms with Crippen LogP contribution in [0.5, 0.6) is 5.88 Å². The van der Waals surface area contributed by atoms with Gasteiger partial charge in [0, 0.05) is 25.9 Å². The van der Waals surface area contributed by atoms with Gasteiger partial charge in [-0.2, -0.15) is 0 Å². The monoisotopic (exact) mass is 297 g/mol. The Hall–Kier alpha value is -2.43. The second-order valence-electron chi connectivity index (χ2n) is 5.34. The largest absolute Gasteiger partial charge is 0.473 e. The SMILES string of the molecule is CC=CC(=O)N1CCC(Oc2cnc3ccccc3n2)CC1. The first-order valence-electron chi connectivity index (χ1n) is 7.56. The van der Waals surface area contributed by atoms with Crippen molar-refractivity contribution in [1.82, 2.24) is 14.9 Å². The first-order valence-corrected chi connectivity index (χ1v) is 7.56. The number of carbonyl (C=O) groups is 1. The number of amides is 1. The molecule has 1 aliphatic rings. The minimum atomic E-state index is 0.0754. The number of hydrogen-bond donors (Lipinski definition) is 0. The second kappa shape index (κ2) is 6.56. The molecule has 0 N–H and O–H groups in total. The van der Waals surface area contributed by atoms with Crippen LogP contribution in [0, 0.1) is 0 Å². The molecule has 0 saturated carbocycles. The summed E-state index contributed by atoms with van der Waals surface area (Å²) in [5.74, 6) is 0.628. The number of aromatic nitrogens is 2. The van der Waals surface area contributed by atoms with E-state index in [-0.39, 0.29) is 12.0 Å². The maximum atomic E-state index is 11.8. The maximum absolute atomic E-state index is 11.8. The Bertz CT molecular complexity index is 691. The predicted molar refractivity (Wildman–Crippen MR) is 84.6 cm³/mol. The lowest BCUT2D eigenvalue weighted by molar-refractivity contribution is -0.127. The summed E-state index contributed by atoms with van der Waals surface area (Å²) in [6.07, 6.45) is 6.77. The van der Waals surface area contributed by atoms with Crippen LogP contribution in [-0.4, -0.2) is 40.0 Å². The number of ether oxygens (including phenoxy) is 1. The summed E-state index contributed by atoms with van der Waals surface area (Å²) >= 11 is 0. The van der Waals surface area contributed by atoms with Crippen LogP contribution in [0.1, 0.15) is 19.8 Å². The number of benzene rings is 1. The van der Waals surface area contributed by atoms with Crippen LogP contribution in [0.2, 0.25) is 0 Å². The van der Waals surface area contributed by atoms with Crippen LogP contribution in [-0.2, 0) is 4.79 Å². The van der Waals surface area contributed by atoms with Gasteiger partial charge in [0.1, 0.15) is 6.10 Å². The lowest BCUT2D eigenvalue weighted by atomic mass is 10.1. The zero-order valence-corrected chi connectivity index (χ0v) is 12.6. The summed E-state index contributed by atoms with van der Waals surface area (Å²) in [6.45, 7) is 3.29. The Morgan fingerprint density at radius 2 is 2.00 bits per heavy atom. The molecule has 22 heavy (non-hydrogen) atoms. The number of likely N-dealkylation sites (tertiary alicyclic amines) is 1. The van der Waals surface area contributed by atoms with Gasteiger partial charge < -0.3 is 9.64 Å². The summed E-state index contributed by atoms with van der Waals surface area (Å²) in [4.78, 5) is 22.5. The molecule has 1 fully saturated rings. The van der Waals surface area contributed by atoms with E-state index in [1.807, 2.05) is 36.1 Å². The van der Waals surface area contributed by atoms with Gasteiger partial charge >= 0.3 is 0 Å². The van der Waals surface area contributed by atoms with Crippen LogP contribution in [0.15, 0.2) is 42.6 Å². The molecule has 0 atom stereocenters. The number of carbonyl (C=O) groups excluding carboxylic acids is 1. The van der Waals surface area contributed by atoms with Gasteiger partial charge in [0.15, 0.2) is 0 Å². The molecule has 1 aromatic carbocycles. The minimum Gasteiger partial charge on any atom is -0.473 e. The van der Waals surface area contributed by atoms with Gasteiger partial charge in [-0.3, -0.25) is 4.79 Å². The number of rotatable bonds is 3. The van der Waals surface area contributed by atoms with Crippen LogP contribution in [0.4, 0.5) is 0 Å². The Morgan fingerprint density at radius 3 is 2.73 bits per heavy atom. The Labute approximate surface area is 129 Å². The highest BCUT2D eigenvalue weighted by molar-refractivity contribution is 5.87. The van der Waals surface area contributed by atoms with Gasteiger partial charge in [-0.05, 0) is 25.1 Å². The predicted octanol–water partition coefficient (Wildman–Crippen LogP) is 2.58. The molecule has 1 amide bonds. The van der Waals surface area contributed by atoms with E-state index in [1.165, 1.54) is 0 Å². The van der Waals surface area contributed by atoms with Crippen molar-refractivity contribution in [2.24, 2.45) is 0 Å². The fourth-order valence-electron chi connectivity index (χ4n) is 2.61. The molecule has 1 aliphatic heterocycles. The fraction of sp³-hybridized carbons (Fsp3) is 0.353. The highest BCUT2D eigenvalue weighted by atomic mass is 16.5. The highest BCUT2D eigenvalue weighted by Crippen LogP contribution is 2.19. The van der Waals surface area contributed by atoms with E-state index in [0.29, 0.717) is 5.88 Å². The summed E-state index contributed by atoms with van der Waals surface area (Å²) in [5, 5.41) is 0. The number of hydrogen-bond acceptors (Lipinski definition) is 4. The third kappa shape index (κ3) is 3.24. The average molecular weight is 297 g/mol. The molecule has 0 aliphatic carbocycles. The van der Waals surface area contributed by atoms with Crippen molar-refractivity contribution in [1.29, 1.82) is 0 Å². The maximum Gasteiger partial charge on any atom is 0.246 e. The molecule has 0 radical (unpaired) electrons. The molecule has 3 rings (SSSR count). The average Bonchev–Trinajstić information content (AvgIpc) is 2.56. The van der Waals surface area contributed by atoms with Crippen LogP contribution >= 0.6 is 0 Å². The molecule has 2 aromatic rings. The van der Waals surface area contributed by atoms with Crippen molar-refractivity contribution in [3.63, 3.8) is 0 Å². The van der Waals surface area contributed by atoms with Gasteiger partial charge in [0.05, 0.1) is 17.2 Å². The molecule has 0 unspecified atom stereocenters. The second-order valence-corrected chi connectivity index (χ2v) is 5.34. The van der Waals surface area contributed by atoms with E-state index in [0.717, 1.165) is 37.0 Å². The van der Waals surface area contributed by atoms with E-state index in [2.05, 4.69) is 9.97 Å². The summed E-state index contributed by atoms with van der Waals surface area (Å²) in [6, 6.07) is 7.73. The third-order valence-corrected chi connectivity index (χ3v) is 3.78. The van der Waals surface area contributed by atoms with Crippen molar-refractivity contribution < 1.29 is 9.53 Å². The van der Waals surface area contributed by atoms with Crippen molar-refractivity contribution in [3.05, 3.63) is 42.6 Å². The lowest BCUT2D eigenvalue weighted by Gasteiger charge is -2.31. The lowest BCUT2D eigenvalue weighted by Crippen LogP contribution is -2.41. The summed E-state index contributed by atoms with van der Waals surface area (Å²) in [5.41, 5.74) is 1.70. The molecule has 2 heterocycles. The number of para-hydroxylation sites is 2. The van der Waals surface area contributed by atoms with Gasteiger partial charge in [-0.25, -0.2) is 9.97 Å². The Kier molecular flexibility index (Phi) is 4.32. The molecule has 114 valence electrons. The first-order chi connectivity index (χ1) is 10.8. The van der Waals surface area contributed by atoms with E-state index < -0.39 is 0 Å². The smallest absolute Gasteiger partial charge is 0.246 e. The first kappa shape index (κ1) is 14.5. The molecular weight excluding hydrogens is 278 g/mol.